The lowest BCUT2D eigenvalue weighted by Crippen LogP contribution is -2.49. The quantitative estimate of drug-likeness (QED) is 0.889. The summed E-state index contributed by atoms with van der Waals surface area (Å²) in [6.07, 6.45) is 0. The summed E-state index contributed by atoms with van der Waals surface area (Å²) >= 11 is 0. The molecule has 0 aromatic heterocycles. The lowest BCUT2D eigenvalue weighted by atomic mass is 9.84. The zero-order valence-corrected chi connectivity index (χ0v) is 14.0. The van der Waals surface area contributed by atoms with Gasteiger partial charge in [-0.1, -0.05) is 60.7 Å². The zero-order chi connectivity index (χ0) is 17.6. The fraction of sp³-hybridized carbons (Fsp3) is 0.300. The first kappa shape index (κ1) is 17.7. The van der Waals surface area contributed by atoms with E-state index in [1.165, 1.54) is 4.90 Å². The van der Waals surface area contributed by atoms with Crippen molar-refractivity contribution in [3.63, 3.8) is 0 Å². The number of nitriles is 1. The number of rotatable bonds is 6. The van der Waals surface area contributed by atoms with Gasteiger partial charge in [-0.15, -0.1) is 0 Å². The summed E-state index contributed by atoms with van der Waals surface area (Å²) in [5.41, 5.74) is -0.734. The first-order valence-corrected chi connectivity index (χ1v) is 8.06. The summed E-state index contributed by atoms with van der Waals surface area (Å²) in [7, 11) is 0. The van der Waals surface area contributed by atoms with Crippen molar-refractivity contribution in [3.8, 4) is 6.07 Å². The standard InChI is InChI=1S/C20H22N2O2/c1-3-22(15-16(2)14-21)19(23)20(24,17-10-6-4-7-11-17)18-12-8-5-9-13-18/h4-13,16,24H,3,15H2,1-2H3. The maximum absolute atomic E-state index is 13.2. The molecular weight excluding hydrogens is 300 g/mol. The number of hydrogen-bond donors (Lipinski definition) is 1. The van der Waals surface area contributed by atoms with E-state index in [2.05, 4.69) is 6.07 Å². The average Bonchev–Trinajstić information content (AvgIpc) is 2.66. The van der Waals surface area contributed by atoms with E-state index in [4.69, 9.17) is 5.26 Å². The first-order chi connectivity index (χ1) is 11.5. The molecule has 0 saturated carbocycles. The second kappa shape index (κ2) is 7.76. The molecule has 0 aliphatic rings. The highest BCUT2D eigenvalue weighted by Gasteiger charge is 2.42. The SMILES string of the molecule is CCN(CC(C)C#N)C(=O)C(O)(c1ccccc1)c1ccccc1. The monoisotopic (exact) mass is 322 g/mol. The highest BCUT2D eigenvalue weighted by atomic mass is 16.3. The number of amides is 1. The second-order valence-corrected chi connectivity index (χ2v) is 5.82. The fourth-order valence-electron chi connectivity index (χ4n) is 2.73. The number of likely N-dealkylation sites (N-methyl/N-ethyl adjacent to an activating group) is 1. The van der Waals surface area contributed by atoms with Crippen LogP contribution in [0.25, 0.3) is 0 Å². The second-order valence-electron chi connectivity index (χ2n) is 5.82. The zero-order valence-electron chi connectivity index (χ0n) is 14.0. The van der Waals surface area contributed by atoms with Crippen LogP contribution in [0.15, 0.2) is 60.7 Å². The molecule has 24 heavy (non-hydrogen) atoms. The van der Waals surface area contributed by atoms with Crippen LogP contribution in [0.4, 0.5) is 0 Å². The minimum atomic E-state index is -1.77. The van der Waals surface area contributed by atoms with Gasteiger partial charge in [0.2, 0.25) is 0 Å². The van der Waals surface area contributed by atoms with Crippen LogP contribution in [0.3, 0.4) is 0 Å². The van der Waals surface area contributed by atoms with E-state index >= 15 is 0 Å². The van der Waals surface area contributed by atoms with Gasteiger partial charge in [-0.05, 0) is 25.0 Å². The van der Waals surface area contributed by atoms with Crippen LogP contribution < -0.4 is 0 Å². The largest absolute Gasteiger partial charge is 0.372 e. The molecule has 0 aliphatic carbocycles. The van der Waals surface area contributed by atoms with Crippen molar-refractivity contribution in [2.75, 3.05) is 13.1 Å². The average molecular weight is 322 g/mol. The highest BCUT2D eigenvalue weighted by Crippen LogP contribution is 2.32. The third kappa shape index (κ3) is 3.47. The van der Waals surface area contributed by atoms with Gasteiger partial charge in [0.25, 0.3) is 5.91 Å². The van der Waals surface area contributed by atoms with E-state index in [0.717, 1.165) is 0 Å². The summed E-state index contributed by atoms with van der Waals surface area (Å²) in [5, 5.41) is 20.5. The van der Waals surface area contributed by atoms with Gasteiger partial charge in [-0.2, -0.15) is 5.26 Å². The van der Waals surface area contributed by atoms with E-state index in [1.807, 2.05) is 19.1 Å². The summed E-state index contributed by atoms with van der Waals surface area (Å²) < 4.78 is 0. The normalized spacial score (nSPS) is 12.2. The molecule has 1 amide bonds. The van der Waals surface area contributed by atoms with E-state index in [9.17, 15) is 9.90 Å². The van der Waals surface area contributed by atoms with Crippen LogP contribution in [0.2, 0.25) is 0 Å². The van der Waals surface area contributed by atoms with Crippen LogP contribution in [0.1, 0.15) is 25.0 Å². The molecule has 0 aliphatic heterocycles. The van der Waals surface area contributed by atoms with Gasteiger partial charge >= 0.3 is 0 Å². The molecule has 0 spiro atoms. The summed E-state index contributed by atoms with van der Waals surface area (Å²) in [6.45, 7) is 4.32. The number of carbonyl (C=O) groups excluding carboxylic acids is 1. The minimum absolute atomic E-state index is 0.286. The summed E-state index contributed by atoms with van der Waals surface area (Å²) in [5.74, 6) is -0.714. The van der Waals surface area contributed by atoms with Gasteiger partial charge in [0.1, 0.15) is 0 Å². The van der Waals surface area contributed by atoms with Crippen molar-refractivity contribution in [2.24, 2.45) is 5.92 Å². The molecule has 0 heterocycles. The van der Waals surface area contributed by atoms with Crippen LogP contribution in [-0.4, -0.2) is 29.0 Å². The lowest BCUT2D eigenvalue weighted by Gasteiger charge is -2.34. The third-order valence-electron chi connectivity index (χ3n) is 4.08. The fourth-order valence-corrected chi connectivity index (χ4v) is 2.73. The Morgan fingerprint density at radius 2 is 1.58 bits per heavy atom. The Balaban J connectivity index is 2.51. The Bertz CT molecular complexity index is 668. The number of benzene rings is 2. The Morgan fingerprint density at radius 1 is 1.12 bits per heavy atom. The maximum atomic E-state index is 13.2. The van der Waals surface area contributed by atoms with Crippen molar-refractivity contribution in [1.82, 2.24) is 4.90 Å². The maximum Gasteiger partial charge on any atom is 0.264 e. The number of carbonyl (C=O) groups is 1. The van der Waals surface area contributed by atoms with E-state index in [1.54, 1.807) is 55.5 Å². The first-order valence-electron chi connectivity index (χ1n) is 8.06. The molecule has 2 rings (SSSR count). The van der Waals surface area contributed by atoms with Gasteiger partial charge in [0.05, 0.1) is 12.0 Å². The smallest absolute Gasteiger partial charge is 0.264 e. The number of hydrogen-bond acceptors (Lipinski definition) is 3. The van der Waals surface area contributed by atoms with Crippen LogP contribution in [0.5, 0.6) is 0 Å². The van der Waals surface area contributed by atoms with Crippen LogP contribution >= 0.6 is 0 Å². The van der Waals surface area contributed by atoms with Crippen LogP contribution in [0, 0.1) is 17.2 Å². The molecule has 1 atom stereocenters. The van der Waals surface area contributed by atoms with Crippen molar-refractivity contribution in [3.05, 3.63) is 71.8 Å². The van der Waals surface area contributed by atoms with Crippen molar-refractivity contribution >= 4 is 5.91 Å². The Hall–Kier alpha value is -2.64. The Kier molecular flexibility index (Phi) is 5.73. The van der Waals surface area contributed by atoms with Crippen LogP contribution in [-0.2, 0) is 10.4 Å². The molecule has 1 unspecified atom stereocenters. The Morgan fingerprint density at radius 3 is 1.96 bits per heavy atom. The van der Waals surface area contributed by atoms with Gasteiger partial charge in [0, 0.05) is 13.1 Å². The van der Waals surface area contributed by atoms with Gasteiger partial charge < -0.3 is 10.0 Å². The van der Waals surface area contributed by atoms with E-state index < -0.39 is 11.5 Å². The molecule has 1 N–H and O–H groups in total. The van der Waals surface area contributed by atoms with Gasteiger partial charge in [-0.3, -0.25) is 4.79 Å². The molecule has 0 fully saturated rings. The molecule has 2 aromatic carbocycles. The third-order valence-corrected chi connectivity index (χ3v) is 4.08. The topological polar surface area (TPSA) is 64.3 Å². The Labute approximate surface area is 143 Å². The molecule has 4 nitrogen and oxygen atoms in total. The molecule has 0 bridgehead atoms. The molecule has 4 heteroatoms. The summed E-state index contributed by atoms with van der Waals surface area (Å²) in [4.78, 5) is 14.8. The number of nitrogens with zero attached hydrogens (tertiary/aromatic N) is 2. The molecular formula is C20H22N2O2. The summed E-state index contributed by atoms with van der Waals surface area (Å²) in [6, 6.07) is 20.0. The molecule has 2 aromatic rings. The minimum Gasteiger partial charge on any atom is -0.372 e. The highest BCUT2D eigenvalue weighted by molar-refractivity contribution is 5.90. The molecule has 0 saturated heterocycles. The predicted octanol–water partition coefficient (Wildman–Crippen LogP) is 2.93. The van der Waals surface area contributed by atoms with Crippen molar-refractivity contribution in [1.29, 1.82) is 5.26 Å². The number of aliphatic hydroxyl groups is 1. The van der Waals surface area contributed by atoms with Crippen molar-refractivity contribution < 1.29 is 9.90 Å². The van der Waals surface area contributed by atoms with E-state index in [0.29, 0.717) is 17.7 Å². The molecule has 0 radical (unpaired) electrons. The van der Waals surface area contributed by atoms with Gasteiger partial charge in [0.15, 0.2) is 5.60 Å². The van der Waals surface area contributed by atoms with E-state index in [-0.39, 0.29) is 12.5 Å². The van der Waals surface area contributed by atoms with Crippen molar-refractivity contribution in [2.45, 2.75) is 19.4 Å². The molecule has 124 valence electrons. The lowest BCUT2D eigenvalue weighted by molar-refractivity contribution is -0.148. The van der Waals surface area contributed by atoms with Gasteiger partial charge in [-0.25, -0.2) is 0 Å². The predicted molar refractivity (Wildman–Crippen MR) is 92.9 cm³/mol.